The van der Waals surface area contributed by atoms with Crippen LogP contribution in [0.1, 0.15) is 10.4 Å². The predicted octanol–water partition coefficient (Wildman–Crippen LogP) is 6.20. The van der Waals surface area contributed by atoms with Crippen molar-refractivity contribution in [1.82, 2.24) is 0 Å². The van der Waals surface area contributed by atoms with Gasteiger partial charge in [-0.05, 0) is 71.4 Å². The van der Waals surface area contributed by atoms with Gasteiger partial charge in [0, 0.05) is 15.7 Å². The fraction of sp³-hybridized carbons (Fsp3) is 0. The molecule has 4 aromatic rings. The summed E-state index contributed by atoms with van der Waals surface area (Å²) in [7, 11) is -3.94. The summed E-state index contributed by atoms with van der Waals surface area (Å²) in [6.45, 7) is 0. The maximum absolute atomic E-state index is 13.0. The quantitative estimate of drug-likeness (QED) is 0.364. The lowest BCUT2D eigenvalue weighted by atomic mass is 10.0. The molecule has 4 rings (SSSR count). The molecule has 0 spiro atoms. The number of carbonyl (C=O) groups is 1. The molecule has 0 saturated heterocycles. The summed E-state index contributed by atoms with van der Waals surface area (Å²) in [5.41, 5.74) is 0.889. The van der Waals surface area contributed by atoms with E-state index in [0.29, 0.717) is 15.7 Å². The highest BCUT2D eigenvalue weighted by Crippen LogP contribution is 2.28. The Morgan fingerprint density at radius 2 is 1.29 bits per heavy atom. The molecule has 8 heteroatoms. The normalized spacial score (nSPS) is 11.3. The minimum absolute atomic E-state index is 0.0362. The lowest BCUT2D eigenvalue weighted by molar-refractivity contribution is 0.102. The van der Waals surface area contributed by atoms with Gasteiger partial charge in [-0.2, -0.15) is 0 Å². The van der Waals surface area contributed by atoms with E-state index in [1.807, 2.05) is 24.3 Å². The number of hydrogen-bond donors (Lipinski definition) is 2. The van der Waals surface area contributed by atoms with Crippen molar-refractivity contribution in [2.75, 3.05) is 10.0 Å². The zero-order valence-electron chi connectivity index (χ0n) is 16.0. The number of fused-ring (bicyclic) bond motifs is 1. The van der Waals surface area contributed by atoms with Crippen LogP contribution in [0.2, 0.25) is 10.0 Å². The van der Waals surface area contributed by atoms with E-state index in [2.05, 4.69) is 10.0 Å². The minimum Gasteiger partial charge on any atom is -0.322 e. The second-order valence-corrected chi connectivity index (χ2v) is 9.32. The smallest absolute Gasteiger partial charge is 0.261 e. The number of hydrogen-bond acceptors (Lipinski definition) is 3. The Morgan fingerprint density at radius 1 is 0.742 bits per heavy atom. The largest absolute Gasteiger partial charge is 0.322 e. The van der Waals surface area contributed by atoms with Crippen molar-refractivity contribution < 1.29 is 13.2 Å². The molecule has 0 saturated carbocycles. The highest BCUT2D eigenvalue weighted by molar-refractivity contribution is 7.92. The number of anilines is 2. The summed E-state index contributed by atoms with van der Waals surface area (Å²) in [6.07, 6.45) is 0. The first-order valence-electron chi connectivity index (χ1n) is 9.20. The van der Waals surface area contributed by atoms with Crippen LogP contribution in [0, 0.1) is 0 Å². The second kappa shape index (κ2) is 8.59. The van der Waals surface area contributed by atoms with Crippen LogP contribution in [0.4, 0.5) is 11.4 Å². The van der Waals surface area contributed by atoms with Crippen LogP contribution in [0.5, 0.6) is 0 Å². The van der Waals surface area contributed by atoms with Crippen molar-refractivity contribution in [3.05, 3.63) is 101 Å². The summed E-state index contributed by atoms with van der Waals surface area (Å²) in [5.74, 6) is -0.457. The molecule has 0 bridgehead atoms. The number of amides is 1. The van der Waals surface area contributed by atoms with E-state index in [-0.39, 0.29) is 16.1 Å². The zero-order chi connectivity index (χ0) is 22.0. The summed E-state index contributed by atoms with van der Waals surface area (Å²) in [4.78, 5) is 13.1. The molecule has 0 unspecified atom stereocenters. The van der Waals surface area contributed by atoms with E-state index in [1.165, 1.54) is 24.3 Å². The molecule has 156 valence electrons. The van der Waals surface area contributed by atoms with Gasteiger partial charge in [-0.25, -0.2) is 8.42 Å². The van der Waals surface area contributed by atoms with Gasteiger partial charge in [-0.1, -0.05) is 47.5 Å². The van der Waals surface area contributed by atoms with Crippen molar-refractivity contribution in [2.45, 2.75) is 4.90 Å². The Morgan fingerprint density at radius 3 is 1.90 bits per heavy atom. The Hall–Kier alpha value is -3.06. The Balaban J connectivity index is 1.75. The number of sulfonamides is 1. The molecule has 0 aliphatic rings. The second-order valence-electron chi connectivity index (χ2n) is 6.77. The van der Waals surface area contributed by atoms with E-state index in [9.17, 15) is 13.2 Å². The third kappa shape index (κ3) is 4.82. The molecule has 0 fully saturated rings. The summed E-state index contributed by atoms with van der Waals surface area (Å²) < 4.78 is 28.4. The van der Waals surface area contributed by atoms with E-state index in [1.54, 1.807) is 36.4 Å². The van der Waals surface area contributed by atoms with Gasteiger partial charge in [0.1, 0.15) is 0 Å². The zero-order valence-corrected chi connectivity index (χ0v) is 18.3. The van der Waals surface area contributed by atoms with Gasteiger partial charge in [0.05, 0.1) is 16.1 Å². The summed E-state index contributed by atoms with van der Waals surface area (Å²) in [6, 6.07) is 23.1. The van der Waals surface area contributed by atoms with Crippen molar-refractivity contribution >= 4 is 61.3 Å². The number of nitrogens with one attached hydrogen (secondary N) is 2. The van der Waals surface area contributed by atoms with Crippen molar-refractivity contribution in [3.8, 4) is 0 Å². The number of benzene rings is 4. The summed E-state index contributed by atoms with van der Waals surface area (Å²) in [5, 5.41) is 5.33. The number of halogens is 2. The number of carbonyl (C=O) groups excluding carboxylic acids is 1. The molecular weight excluding hydrogens is 455 g/mol. The highest BCUT2D eigenvalue weighted by atomic mass is 35.5. The van der Waals surface area contributed by atoms with Crippen LogP contribution in [0.25, 0.3) is 10.8 Å². The molecule has 4 aromatic carbocycles. The van der Waals surface area contributed by atoms with Crippen LogP contribution in [0.15, 0.2) is 89.8 Å². The van der Waals surface area contributed by atoms with Crippen LogP contribution >= 0.6 is 23.2 Å². The van der Waals surface area contributed by atoms with E-state index < -0.39 is 15.9 Å². The first-order valence-corrected chi connectivity index (χ1v) is 11.4. The lowest BCUT2D eigenvalue weighted by Crippen LogP contribution is -2.18. The van der Waals surface area contributed by atoms with Gasteiger partial charge < -0.3 is 5.32 Å². The molecule has 2 N–H and O–H groups in total. The molecule has 0 aromatic heterocycles. The molecule has 1 amide bonds. The fourth-order valence-electron chi connectivity index (χ4n) is 3.06. The lowest BCUT2D eigenvalue weighted by Gasteiger charge is -2.15. The van der Waals surface area contributed by atoms with Gasteiger partial charge in [0.25, 0.3) is 15.9 Å². The minimum atomic E-state index is -3.94. The molecule has 0 atom stereocenters. The van der Waals surface area contributed by atoms with Gasteiger partial charge in [-0.15, -0.1) is 0 Å². The third-order valence-corrected chi connectivity index (χ3v) is 6.49. The van der Waals surface area contributed by atoms with E-state index >= 15 is 0 Å². The molecular formula is C23H16Cl2N2O3S. The van der Waals surface area contributed by atoms with Gasteiger partial charge in [0.15, 0.2) is 0 Å². The Bertz CT molecular complexity index is 1370. The Labute approximate surface area is 189 Å². The van der Waals surface area contributed by atoms with Gasteiger partial charge >= 0.3 is 0 Å². The number of rotatable bonds is 5. The van der Waals surface area contributed by atoms with E-state index in [0.717, 1.165) is 10.8 Å². The average molecular weight is 471 g/mol. The maximum atomic E-state index is 13.0. The SMILES string of the molecule is O=C(Nc1ccc(Cl)cc1)c1cc2ccccc2cc1NS(=O)(=O)c1ccc(Cl)cc1. The molecule has 5 nitrogen and oxygen atoms in total. The van der Waals surface area contributed by atoms with Crippen molar-refractivity contribution in [2.24, 2.45) is 0 Å². The molecule has 0 aliphatic heterocycles. The molecule has 0 heterocycles. The monoisotopic (exact) mass is 470 g/mol. The first kappa shape index (κ1) is 21.2. The molecule has 0 aliphatic carbocycles. The van der Waals surface area contributed by atoms with Crippen LogP contribution in [-0.4, -0.2) is 14.3 Å². The average Bonchev–Trinajstić information content (AvgIpc) is 2.75. The topological polar surface area (TPSA) is 75.3 Å². The van der Waals surface area contributed by atoms with Gasteiger partial charge in [-0.3, -0.25) is 9.52 Å². The first-order chi connectivity index (χ1) is 14.8. The van der Waals surface area contributed by atoms with E-state index in [4.69, 9.17) is 23.2 Å². The van der Waals surface area contributed by atoms with Crippen molar-refractivity contribution in [3.63, 3.8) is 0 Å². The predicted molar refractivity (Wildman–Crippen MR) is 126 cm³/mol. The van der Waals surface area contributed by atoms with Crippen molar-refractivity contribution in [1.29, 1.82) is 0 Å². The molecule has 31 heavy (non-hydrogen) atoms. The third-order valence-electron chi connectivity index (χ3n) is 4.60. The standard InChI is InChI=1S/C23H16Cl2N2O3S/c24-17-5-9-19(10-6-17)26-23(28)21-13-15-3-1-2-4-16(15)14-22(21)27-31(29,30)20-11-7-18(25)8-12-20/h1-14,27H,(H,26,28). The maximum Gasteiger partial charge on any atom is 0.261 e. The Kier molecular flexibility index (Phi) is 5.87. The summed E-state index contributed by atoms with van der Waals surface area (Å²) >= 11 is 11.8. The molecule has 0 radical (unpaired) electrons. The fourth-order valence-corrected chi connectivity index (χ4v) is 4.38. The van der Waals surface area contributed by atoms with Crippen LogP contribution in [0.3, 0.4) is 0 Å². The van der Waals surface area contributed by atoms with Crippen LogP contribution < -0.4 is 10.0 Å². The highest BCUT2D eigenvalue weighted by Gasteiger charge is 2.20. The van der Waals surface area contributed by atoms with Crippen LogP contribution in [-0.2, 0) is 10.0 Å². The van der Waals surface area contributed by atoms with Gasteiger partial charge in [0.2, 0.25) is 0 Å².